The average molecular weight is 285 g/mol. The van der Waals surface area contributed by atoms with Gasteiger partial charge in [-0.1, -0.05) is 51.3 Å². The van der Waals surface area contributed by atoms with Crippen LogP contribution < -0.4 is 0 Å². The van der Waals surface area contributed by atoms with E-state index < -0.39 is 5.97 Å². The van der Waals surface area contributed by atoms with E-state index in [0.29, 0.717) is 5.16 Å². The lowest BCUT2D eigenvalue weighted by Gasteiger charge is -2.06. The molecule has 1 aromatic heterocycles. The Morgan fingerprint density at radius 2 is 2.11 bits per heavy atom. The normalized spacial score (nSPS) is 11.1. The van der Waals surface area contributed by atoms with Crippen LogP contribution in [0.4, 0.5) is 0 Å². The summed E-state index contributed by atoms with van der Waals surface area (Å²) in [5, 5.41) is 17.1. The van der Waals surface area contributed by atoms with E-state index in [1.807, 2.05) is 4.57 Å². The maximum Gasteiger partial charge on any atom is 0.313 e. The fraction of sp³-hybridized carbons (Fsp3) is 0.769. The van der Waals surface area contributed by atoms with Crippen molar-refractivity contribution in [1.82, 2.24) is 14.8 Å². The molecule has 5 nitrogen and oxygen atoms in total. The van der Waals surface area contributed by atoms with Crippen LogP contribution in [-0.4, -0.2) is 31.6 Å². The van der Waals surface area contributed by atoms with E-state index in [-0.39, 0.29) is 5.75 Å². The minimum Gasteiger partial charge on any atom is -0.481 e. The van der Waals surface area contributed by atoms with Crippen LogP contribution in [0.25, 0.3) is 0 Å². The van der Waals surface area contributed by atoms with Crippen LogP contribution in [0.1, 0.15) is 46.0 Å². The number of hydrogen-bond donors (Lipinski definition) is 1. The Morgan fingerprint density at radius 1 is 1.37 bits per heavy atom. The summed E-state index contributed by atoms with van der Waals surface area (Å²) in [7, 11) is 0. The molecule has 0 aliphatic rings. The maximum atomic E-state index is 10.5. The lowest BCUT2D eigenvalue weighted by Crippen LogP contribution is -2.03. The van der Waals surface area contributed by atoms with Gasteiger partial charge in [-0.2, -0.15) is 0 Å². The van der Waals surface area contributed by atoms with Crippen molar-refractivity contribution in [3.05, 3.63) is 6.33 Å². The van der Waals surface area contributed by atoms with Crippen molar-refractivity contribution < 1.29 is 9.90 Å². The number of nitrogens with zero attached hydrogens (tertiary/aromatic N) is 3. The summed E-state index contributed by atoms with van der Waals surface area (Å²) in [5.41, 5.74) is 0. The Bertz CT molecular complexity index is 380. The number of carboxylic acid groups (broad SMARTS) is 1. The predicted molar refractivity (Wildman–Crippen MR) is 76.3 cm³/mol. The van der Waals surface area contributed by atoms with E-state index >= 15 is 0 Å². The minimum atomic E-state index is -0.826. The zero-order valence-corrected chi connectivity index (χ0v) is 12.5. The summed E-state index contributed by atoms with van der Waals surface area (Å²) in [6, 6.07) is 0. The molecule has 0 aliphatic carbocycles. The predicted octanol–water partition coefficient (Wildman–Crippen LogP) is 3.06. The molecule has 19 heavy (non-hydrogen) atoms. The van der Waals surface area contributed by atoms with Gasteiger partial charge < -0.3 is 9.67 Å². The van der Waals surface area contributed by atoms with Crippen molar-refractivity contribution in [2.75, 3.05) is 5.75 Å². The van der Waals surface area contributed by atoms with Crippen LogP contribution in [0.3, 0.4) is 0 Å². The van der Waals surface area contributed by atoms with Gasteiger partial charge in [-0.05, 0) is 12.3 Å². The Labute approximate surface area is 118 Å². The van der Waals surface area contributed by atoms with Crippen molar-refractivity contribution >= 4 is 17.7 Å². The van der Waals surface area contributed by atoms with E-state index in [9.17, 15) is 4.79 Å². The monoisotopic (exact) mass is 285 g/mol. The van der Waals surface area contributed by atoms with Crippen molar-refractivity contribution in [2.45, 2.75) is 57.7 Å². The first-order valence-electron chi connectivity index (χ1n) is 6.82. The Morgan fingerprint density at radius 3 is 2.79 bits per heavy atom. The van der Waals surface area contributed by atoms with Crippen LogP contribution >= 0.6 is 11.8 Å². The molecule has 1 rings (SSSR count). The van der Waals surface area contributed by atoms with E-state index in [2.05, 4.69) is 24.0 Å². The molecule has 0 unspecified atom stereocenters. The zero-order valence-electron chi connectivity index (χ0n) is 11.7. The first-order chi connectivity index (χ1) is 9.09. The summed E-state index contributed by atoms with van der Waals surface area (Å²) in [6.07, 6.45) is 7.83. The zero-order chi connectivity index (χ0) is 14.1. The summed E-state index contributed by atoms with van der Waals surface area (Å²) in [6.45, 7) is 5.38. The van der Waals surface area contributed by atoms with E-state index in [1.165, 1.54) is 37.4 Å². The number of thioether (sulfide) groups is 1. The maximum absolute atomic E-state index is 10.5. The van der Waals surface area contributed by atoms with Crippen LogP contribution in [-0.2, 0) is 11.3 Å². The highest BCUT2D eigenvalue weighted by Gasteiger charge is 2.07. The standard InChI is InChI=1S/C13H23N3O2S/c1-11(2)7-5-3-4-6-8-16-10-14-15-13(16)19-9-12(17)18/h10-11H,3-9H2,1-2H3,(H,17,18). The number of hydrogen-bond acceptors (Lipinski definition) is 4. The summed E-state index contributed by atoms with van der Waals surface area (Å²) in [5.74, 6) is -0.00214. The molecule has 1 heterocycles. The molecule has 0 fully saturated rings. The van der Waals surface area contributed by atoms with E-state index in [4.69, 9.17) is 5.11 Å². The minimum absolute atomic E-state index is 0.0348. The average Bonchev–Trinajstić information content (AvgIpc) is 2.78. The highest BCUT2D eigenvalue weighted by atomic mass is 32.2. The quantitative estimate of drug-likeness (QED) is 0.528. The highest BCUT2D eigenvalue weighted by Crippen LogP contribution is 2.16. The highest BCUT2D eigenvalue weighted by molar-refractivity contribution is 7.99. The van der Waals surface area contributed by atoms with Gasteiger partial charge in [-0.15, -0.1) is 10.2 Å². The van der Waals surface area contributed by atoms with Crippen molar-refractivity contribution in [3.8, 4) is 0 Å². The third kappa shape index (κ3) is 7.20. The van der Waals surface area contributed by atoms with Gasteiger partial charge in [-0.3, -0.25) is 4.79 Å². The molecule has 0 amide bonds. The van der Waals surface area contributed by atoms with Gasteiger partial charge in [0.05, 0.1) is 5.75 Å². The van der Waals surface area contributed by atoms with Crippen LogP contribution in [0.5, 0.6) is 0 Å². The van der Waals surface area contributed by atoms with Gasteiger partial charge >= 0.3 is 5.97 Å². The smallest absolute Gasteiger partial charge is 0.313 e. The molecule has 0 aromatic carbocycles. The summed E-state index contributed by atoms with van der Waals surface area (Å²) >= 11 is 1.22. The number of carbonyl (C=O) groups is 1. The van der Waals surface area contributed by atoms with Crippen LogP contribution in [0.2, 0.25) is 0 Å². The van der Waals surface area contributed by atoms with E-state index in [1.54, 1.807) is 6.33 Å². The molecule has 6 heteroatoms. The SMILES string of the molecule is CC(C)CCCCCCn1cnnc1SCC(=O)O. The van der Waals surface area contributed by atoms with Gasteiger partial charge in [0.15, 0.2) is 5.16 Å². The number of aromatic nitrogens is 3. The number of unbranched alkanes of at least 4 members (excludes halogenated alkanes) is 3. The topological polar surface area (TPSA) is 68.0 Å². The molecule has 0 bridgehead atoms. The lowest BCUT2D eigenvalue weighted by atomic mass is 10.0. The first kappa shape index (κ1) is 16.0. The molecule has 0 atom stereocenters. The molecule has 108 valence electrons. The molecule has 0 saturated carbocycles. The van der Waals surface area contributed by atoms with E-state index in [0.717, 1.165) is 18.9 Å². The molecular formula is C13H23N3O2S. The molecule has 0 saturated heterocycles. The first-order valence-corrected chi connectivity index (χ1v) is 7.80. The van der Waals surface area contributed by atoms with Gasteiger partial charge in [-0.25, -0.2) is 0 Å². The number of carboxylic acids is 1. The van der Waals surface area contributed by atoms with Gasteiger partial charge in [0.2, 0.25) is 0 Å². The number of rotatable bonds is 10. The molecular weight excluding hydrogens is 262 g/mol. The molecule has 0 spiro atoms. The fourth-order valence-corrected chi connectivity index (χ4v) is 2.49. The Hall–Kier alpha value is -1.04. The van der Waals surface area contributed by atoms with Crippen molar-refractivity contribution in [3.63, 3.8) is 0 Å². The van der Waals surface area contributed by atoms with Gasteiger partial charge in [0, 0.05) is 6.54 Å². The lowest BCUT2D eigenvalue weighted by molar-refractivity contribution is -0.133. The summed E-state index contributed by atoms with van der Waals surface area (Å²) < 4.78 is 1.94. The largest absolute Gasteiger partial charge is 0.481 e. The second kappa shape index (κ2) is 8.96. The fourth-order valence-electron chi connectivity index (χ4n) is 1.82. The van der Waals surface area contributed by atoms with Crippen LogP contribution in [0.15, 0.2) is 11.5 Å². The molecule has 0 aliphatic heterocycles. The number of aliphatic carboxylic acids is 1. The summed E-state index contributed by atoms with van der Waals surface area (Å²) in [4.78, 5) is 10.5. The molecule has 0 radical (unpaired) electrons. The Balaban J connectivity index is 2.18. The molecule has 1 N–H and O–H groups in total. The van der Waals surface area contributed by atoms with Crippen molar-refractivity contribution in [2.24, 2.45) is 5.92 Å². The second-order valence-electron chi connectivity index (χ2n) is 5.09. The third-order valence-electron chi connectivity index (χ3n) is 2.84. The molecule has 1 aromatic rings. The number of aryl methyl sites for hydroxylation is 1. The third-order valence-corrected chi connectivity index (χ3v) is 3.80. The van der Waals surface area contributed by atoms with Gasteiger partial charge in [0.25, 0.3) is 0 Å². The second-order valence-corrected chi connectivity index (χ2v) is 6.03. The van der Waals surface area contributed by atoms with Crippen LogP contribution in [0, 0.1) is 5.92 Å². The Kier molecular flexibility index (Phi) is 7.55. The van der Waals surface area contributed by atoms with Gasteiger partial charge in [0.1, 0.15) is 6.33 Å². The van der Waals surface area contributed by atoms with Crippen molar-refractivity contribution in [1.29, 1.82) is 0 Å².